The molecule has 1 aliphatic heterocycles. The van der Waals surface area contributed by atoms with Gasteiger partial charge in [0.2, 0.25) is 0 Å². The van der Waals surface area contributed by atoms with Gasteiger partial charge in [-0.3, -0.25) is 4.79 Å². The molecule has 1 rings (SSSR count). The number of piperidine rings is 1. The topological polar surface area (TPSA) is 49.3 Å². The van der Waals surface area contributed by atoms with Crippen LogP contribution in [0.25, 0.3) is 0 Å². The molecule has 3 nitrogen and oxygen atoms in total. The van der Waals surface area contributed by atoms with Crippen LogP contribution in [0.1, 0.15) is 26.2 Å². The molecule has 0 amide bonds. The second kappa shape index (κ2) is 4.29. The minimum Gasteiger partial charge on any atom is -0.481 e. The van der Waals surface area contributed by atoms with Gasteiger partial charge in [-0.25, -0.2) is 0 Å². The van der Waals surface area contributed by atoms with Gasteiger partial charge in [-0.1, -0.05) is 0 Å². The number of hydrogen-bond donors (Lipinski definition) is 2. The Morgan fingerprint density at radius 2 is 2.15 bits per heavy atom. The maximum absolute atomic E-state index is 11.1. The second-order valence-electron chi connectivity index (χ2n) is 3.44. The SMILES string of the molecule is CC#CCC1(C(=O)O)CCNCC1. The molecule has 1 saturated heterocycles. The van der Waals surface area contributed by atoms with E-state index in [1.54, 1.807) is 6.92 Å². The van der Waals surface area contributed by atoms with Gasteiger partial charge in [0, 0.05) is 6.42 Å². The minimum atomic E-state index is -0.697. The monoisotopic (exact) mass is 181 g/mol. The van der Waals surface area contributed by atoms with Crippen LogP contribution in [0, 0.1) is 17.3 Å². The van der Waals surface area contributed by atoms with Crippen LogP contribution >= 0.6 is 0 Å². The summed E-state index contributed by atoms with van der Waals surface area (Å²) in [4.78, 5) is 11.1. The fourth-order valence-corrected chi connectivity index (χ4v) is 1.63. The molecule has 1 heterocycles. The van der Waals surface area contributed by atoms with Crippen LogP contribution in [0.3, 0.4) is 0 Å². The molecule has 0 aromatic carbocycles. The standard InChI is InChI=1S/C10H15NO2/c1-2-3-4-10(9(12)13)5-7-11-8-6-10/h11H,4-8H2,1H3,(H,12,13). The molecule has 0 aromatic rings. The lowest BCUT2D eigenvalue weighted by Gasteiger charge is -2.31. The van der Waals surface area contributed by atoms with Crippen molar-refractivity contribution in [1.82, 2.24) is 5.32 Å². The Hall–Kier alpha value is -1.01. The number of rotatable bonds is 2. The van der Waals surface area contributed by atoms with Gasteiger partial charge >= 0.3 is 5.97 Å². The first-order valence-corrected chi connectivity index (χ1v) is 4.55. The summed E-state index contributed by atoms with van der Waals surface area (Å²) < 4.78 is 0. The van der Waals surface area contributed by atoms with Gasteiger partial charge in [-0.15, -0.1) is 11.8 Å². The molecule has 0 unspecified atom stereocenters. The van der Waals surface area contributed by atoms with Crippen LogP contribution in [0.5, 0.6) is 0 Å². The summed E-state index contributed by atoms with van der Waals surface area (Å²) in [5, 5.41) is 12.3. The number of aliphatic carboxylic acids is 1. The molecule has 2 N–H and O–H groups in total. The molecule has 72 valence electrons. The molecule has 0 saturated carbocycles. The Morgan fingerprint density at radius 1 is 1.54 bits per heavy atom. The van der Waals surface area contributed by atoms with E-state index in [-0.39, 0.29) is 0 Å². The van der Waals surface area contributed by atoms with Gasteiger partial charge < -0.3 is 10.4 Å². The Labute approximate surface area is 78.5 Å². The molecular formula is C10H15NO2. The molecule has 0 aromatic heterocycles. The summed E-state index contributed by atoms with van der Waals surface area (Å²) in [7, 11) is 0. The van der Waals surface area contributed by atoms with Crippen LogP contribution in [0.15, 0.2) is 0 Å². The number of carboxylic acid groups (broad SMARTS) is 1. The van der Waals surface area contributed by atoms with Gasteiger partial charge in [0.15, 0.2) is 0 Å². The zero-order chi connectivity index (χ0) is 9.73. The van der Waals surface area contributed by atoms with Crippen molar-refractivity contribution in [3.8, 4) is 11.8 Å². The molecule has 1 fully saturated rings. The third kappa shape index (κ3) is 2.22. The highest BCUT2D eigenvalue weighted by atomic mass is 16.4. The van der Waals surface area contributed by atoms with Crippen LogP contribution < -0.4 is 5.32 Å². The third-order valence-corrected chi connectivity index (χ3v) is 2.62. The highest BCUT2D eigenvalue weighted by Crippen LogP contribution is 2.32. The first kappa shape index (κ1) is 10.1. The first-order chi connectivity index (χ1) is 6.21. The zero-order valence-electron chi connectivity index (χ0n) is 7.89. The summed E-state index contributed by atoms with van der Waals surface area (Å²) in [6, 6.07) is 0. The highest BCUT2D eigenvalue weighted by Gasteiger charge is 2.38. The molecule has 0 atom stereocenters. The van der Waals surface area contributed by atoms with E-state index in [0.717, 1.165) is 13.1 Å². The van der Waals surface area contributed by atoms with Crippen LogP contribution in [-0.2, 0) is 4.79 Å². The van der Waals surface area contributed by atoms with Crippen molar-refractivity contribution in [2.75, 3.05) is 13.1 Å². The third-order valence-electron chi connectivity index (χ3n) is 2.62. The van der Waals surface area contributed by atoms with Crippen molar-refractivity contribution >= 4 is 5.97 Å². The molecular weight excluding hydrogens is 166 g/mol. The fraction of sp³-hybridized carbons (Fsp3) is 0.700. The zero-order valence-corrected chi connectivity index (χ0v) is 7.89. The van der Waals surface area contributed by atoms with E-state index in [2.05, 4.69) is 17.2 Å². The Kier molecular flexibility index (Phi) is 3.32. The van der Waals surface area contributed by atoms with Crippen molar-refractivity contribution in [3.63, 3.8) is 0 Å². The lowest BCUT2D eigenvalue weighted by Crippen LogP contribution is -2.41. The van der Waals surface area contributed by atoms with E-state index in [4.69, 9.17) is 5.11 Å². The van der Waals surface area contributed by atoms with Crippen molar-refractivity contribution in [2.24, 2.45) is 5.41 Å². The Balaban J connectivity index is 2.70. The van der Waals surface area contributed by atoms with E-state index in [9.17, 15) is 4.79 Å². The predicted octanol–water partition coefficient (Wildman–Crippen LogP) is 0.854. The van der Waals surface area contributed by atoms with Crippen LogP contribution in [-0.4, -0.2) is 24.2 Å². The molecule has 3 heteroatoms. The van der Waals surface area contributed by atoms with Gasteiger partial charge in [0.25, 0.3) is 0 Å². The van der Waals surface area contributed by atoms with Crippen LogP contribution in [0.4, 0.5) is 0 Å². The quantitative estimate of drug-likeness (QED) is 0.621. The lowest BCUT2D eigenvalue weighted by molar-refractivity contribution is -0.150. The summed E-state index contributed by atoms with van der Waals surface area (Å²) >= 11 is 0. The number of carboxylic acids is 1. The molecule has 0 aliphatic carbocycles. The predicted molar refractivity (Wildman–Crippen MR) is 50.2 cm³/mol. The van der Waals surface area contributed by atoms with Crippen molar-refractivity contribution in [2.45, 2.75) is 26.2 Å². The summed E-state index contributed by atoms with van der Waals surface area (Å²) in [5.41, 5.74) is -0.589. The van der Waals surface area contributed by atoms with Crippen molar-refractivity contribution in [1.29, 1.82) is 0 Å². The highest BCUT2D eigenvalue weighted by molar-refractivity contribution is 5.75. The summed E-state index contributed by atoms with van der Waals surface area (Å²) in [6.07, 6.45) is 1.87. The molecule has 0 radical (unpaired) electrons. The first-order valence-electron chi connectivity index (χ1n) is 4.55. The average molecular weight is 181 g/mol. The van der Waals surface area contributed by atoms with Crippen molar-refractivity contribution < 1.29 is 9.90 Å². The van der Waals surface area contributed by atoms with Gasteiger partial charge in [0.05, 0.1) is 5.41 Å². The number of hydrogen-bond acceptors (Lipinski definition) is 2. The average Bonchev–Trinajstić information content (AvgIpc) is 2.16. The van der Waals surface area contributed by atoms with Crippen molar-refractivity contribution in [3.05, 3.63) is 0 Å². The lowest BCUT2D eigenvalue weighted by atomic mass is 9.76. The molecule has 1 aliphatic rings. The van der Waals surface area contributed by atoms with E-state index < -0.39 is 11.4 Å². The molecule has 0 spiro atoms. The fourth-order valence-electron chi connectivity index (χ4n) is 1.63. The number of carbonyl (C=O) groups is 1. The van der Waals surface area contributed by atoms with E-state index in [1.165, 1.54) is 0 Å². The smallest absolute Gasteiger partial charge is 0.310 e. The van der Waals surface area contributed by atoms with Gasteiger partial charge in [0.1, 0.15) is 0 Å². The Bertz CT molecular complexity index is 243. The number of nitrogens with one attached hydrogen (secondary N) is 1. The molecule has 13 heavy (non-hydrogen) atoms. The summed E-state index contributed by atoms with van der Waals surface area (Å²) in [5.74, 6) is 4.94. The van der Waals surface area contributed by atoms with Gasteiger partial charge in [-0.2, -0.15) is 0 Å². The molecule has 0 bridgehead atoms. The van der Waals surface area contributed by atoms with Crippen LogP contribution in [0.2, 0.25) is 0 Å². The Morgan fingerprint density at radius 3 is 2.62 bits per heavy atom. The second-order valence-corrected chi connectivity index (χ2v) is 3.44. The minimum absolute atomic E-state index is 0.487. The van der Waals surface area contributed by atoms with E-state index in [0.29, 0.717) is 19.3 Å². The summed E-state index contributed by atoms with van der Waals surface area (Å²) in [6.45, 7) is 3.33. The maximum atomic E-state index is 11.1. The largest absolute Gasteiger partial charge is 0.481 e. The van der Waals surface area contributed by atoms with E-state index in [1.807, 2.05) is 0 Å². The van der Waals surface area contributed by atoms with E-state index >= 15 is 0 Å². The van der Waals surface area contributed by atoms with Gasteiger partial charge in [-0.05, 0) is 32.9 Å². The maximum Gasteiger partial charge on any atom is 0.310 e. The normalized spacial score (nSPS) is 20.1.